The van der Waals surface area contributed by atoms with Gasteiger partial charge in [0.05, 0.1) is 6.10 Å². The molecule has 0 spiro atoms. The van der Waals surface area contributed by atoms with Crippen LogP contribution in [-0.2, 0) is 4.74 Å². The van der Waals surface area contributed by atoms with E-state index in [-0.39, 0.29) is 12.0 Å². The summed E-state index contributed by atoms with van der Waals surface area (Å²) in [5.74, 6) is 2.36. The predicted octanol–water partition coefficient (Wildman–Crippen LogP) is 4.12. The van der Waals surface area contributed by atoms with Crippen molar-refractivity contribution in [1.82, 2.24) is 4.90 Å². The molecule has 2 aromatic carbocycles. The van der Waals surface area contributed by atoms with E-state index < -0.39 is 0 Å². The normalized spacial score (nSPS) is 19.8. The molecule has 130 valence electrons. The minimum absolute atomic E-state index is 0.0729. The van der Waals surface area contributed by atoms with Crippen molar-refractivity contribution in [3.63, 3.8) is 0 Å². The van der Waals surface area contributed by atoms with E-state index in [0.29, 0.717) is 12.1 Å². The van der Waals surface area contributed by atoms with Crippen LogP contribution >= 0.6 is 0 Å². The number of ether oxygens (including phenoxy) is 2. The van der Waals surface area contributed by atoms with Crippen molar-refractivity contribution in [3.05, 3.63) is 60.2 Å². The fourth-order valence-corrected chi connectivity index (χ4v) is 3.08. The smallest absolute Gasteiger partial charge is 0.253 e. The maximum atomic E-state index is 12.6. The van der Waals surface area contributed by atoms with Crippen molar-refractivity contribution in [3.8, 4) is 11.5 Å². The minimum atomic E-state index is 0.0729. The van der Waals surface area contributed by atoms with Crippen molar-refractivity contribution in [2.45, 2.75) is 25.4 Å². The Morgan fingerprint density at radius 1 is 0.960 bits per heavy atom. The standard InChI is InChI=1S/C21H23NO3/c23-21(22-13-12-20(14-22)24-15-16-6-7-16)17-8-10-19(11-9-17)25-18-4-2-1-3-5-18/h1-5,8-11,16,20H,6-7,12-15H2. The summed E-state index contributed by atoms with van der Waals surface area (Å²) < 4.78 is 11.7. The quantitative estimate of drug-likeness (QED) is 0.796. The first-order valence-corrected chi connectivity index (χ1v) is 9.02. The number of nitrogens with zero attached hydrogens (tertiary/aromatic N) is 1. The highest BCUT2D eigenvalue weighted by atomic mass is 16.5. The number of rotatable bonds is 6. The second-order valence-electron chi connectivity index (χ2n) is 6.88. The topological polar surface area (TPSA) is 38.8 Å². The molecular weight excluding hydrogens is 314 g/mol. The lowest BCUT2D eigenvalue weighted by Gasteiger charge is -2.17. The fraction of sp³-hybridized carbons (Fsp3) is 0.381. The monoisotopic (exact) mass is 337 g/mol. The Kier molecular flexibility index (Phi) is 4.70. The molecule has 2 aromatic rings. The molecular formula is C21H23NO3. The van der Waals surface area contributed by atoms with Gasteiger partial charge in [0.25, 0.3) is 5.91 Å². The average Bonchev–Trinajstić information content (AvgIpc) is 3.37. The molecule has 1 aliphatic carbocycles. The number of hydrogen-bond acceptors (Lipinski definition) is 3. The van der Waals surface area contributed by atoms with Gasteiger partial charge in [-0.3, -0.25) is 4.79 Å². The zero-order valence-corrected chi connectivity index (χ0v) is 14.3. The molecule has 4 nitrogen and oxygen atoms in total. The first kappa shape index (κ1) is 16.2. The van der Waals surface area contributed by atoms with Crippen molar-refractivity contribution >= 4 is 5.91 Å². The summed E-state index contributed by atoms with van der Waals surface area (Å²) in [7, 11) is 0. The van der Waals surface area contributed by atoms with Crippen LogP contribution < -0.4 is 4.74 Å². The third-order valence-electron chi connectivity index (χ3n) is 4.78. The Labute approximate surface area is 148 Å². The second kappa shape index (κ2) is 7.28. The van der Waals surface area contributed by atoms with Gasteiger partial charge in [-0.2, -0.15) is 0 Å². The van der Waals surface area contributed by atoms with Crippen LogP contribution in [0.25, 0.3) is 0 Å². The lowest BCUT2D eigenvalue weighted by Crippen LogP contribution is -2.30. The predicted molar refractivity (Wildman–Crippen MR) is 95.9 cm³/mol. The van der Waals surface area contributed by atoms with Crippen LogP contribution in [0, 0.1) is 5.92 Å². The molecule has 2 aliphatic rings. The number of carbonyl (C=O) groups excluding carboxylic acids is 1. The Balaban J connectivity index is 1.32. The summed E-state index contributed by atoms with van der Waals surface area (Å²) in [6.07, 6.45) is 3.73. The molecule has 1 atom stereocenters. The number of benzene rings is 2. The number of carbonyl (C=O) groups is 1. The number of amides is 1. The van der Waals surface area contributed by atoms with Crippen LogP contribution in [0.2, 0.25) is 0 Å². The van der Waals surface area contributed by atoms with E-state index in [2.05, 4.69) is 0 Å². The largest absolute Gasteiger partial charge is 0.457 e. The van der Waals surface area contributed by atoms with Gasteiger partial charge in [-0.05, 0) is 61.6 Å². The first-order valence-electron chi connectivity index (χ1n) is 9.02. The summed E-state index contributed by atoms with van der Waals surface area (Å²) in [4.78, 5) is 14.5. The van der Waals surface area contributed by atoms with Gasteiger partial charge >= 0.3 is 0 Å². The Hall–Kier alpha value is -2.33. The summed E-state index contributed by atoms with van der Waals surface area (Å²) in [6.45, 7) is 2.34. The highest BCUT2D eigenvalue weighted by molar-refractivity contribution is 5.94. The number of hydrogen-bond donors (Lipinski definition) is 0. The van der Waals surface area contributed by atoms with E-state index in [9.17, 15) is 4.79 Å². The van der Waals surface area contributed by atoms with Gasteiger partial charge in [-0.15, -0.1) is 0 Å². The molecule has 1 saturated carbocycles. The Morgan fingerprint density at radius 2 is 1.68 bits per heavy atom. The highest BCUT2D eigenvalue weighted by Gasteiger charge is 2.29. The molecule has 1 aliphatic heterocycles. The van der Waals surface area contributed by atoms with E-state index in [0.717, 1.165) is 37.0 Å². The molecule has 2 fully saturated rings. The van der Waals surface area contributed by atoms with Gasteiger partial charge in [-0.25, -0.2) is 0 Å². The molecule has 25 heavy (non-hydrogen) atoms. The lowest BCUT2D eigenvalue weighted by molar-refractivity contribution is 0.0480. The second-order valence-corrected chi connectivity index (χ2v) is 6.88. The van der Waals surface area contributed by atoms with E-state index in [1.54, 1.807) is 0 Å². The van der Waals surface area contributed by atoms with Gasteiger partial charge in [0.1, 0.15) is 11.5 Å². The van der Waals surface area contributed by atoms with Gasteiger partial charge in [0, 0.05) is 25.3 Å². The van der Waals surface area contributed by atoms with E-state index >= 15 is 0 Å². The van der Waals surface area contributed by atoms with Gasteiger partial charge < -0.3 is 14.4 Å². The SMILES string of the molecule is O=C(c1ccc(Oc2ccccc2)cc1)N1CCC(OCC2CC2)C1. The molecule has 0 aromatic heterocycles. The highest BCUT2D eigenvalue weighted by Crippen LogP contribution is 2.30. The lowest BCUT2D eigenvalue weighted by atomic mass is 10.2. The molecule has 4 rings (SSSR count). The van der Waals surface area contributed by atoms with Crippen molar-refractivity contribution in [2.24, 2.45) is 5.92 Å². The summed E-state index contributed by atoms with van der Waals surface area (Å²) in [5, 5.41) is 0. The fourth-order valence-electron chi connectivity index (χ4n) is 3.08. The van der Waals surface area contributed by atoms with Gasteiger partial charge in [0.2, 0.25) is 0 Å². The molecule has 1 unspecified atom stereocenters. The average molecular weight is 337 g/mol. The molecule has 0 bridgehead atoms. The van der Waals surface area contributed by atoms with Crippen LogP contribution in [-0.4, -0.2) is 36.6 Å². The molecule has 0 N–H and O–H groups in total. The third kappa shape index (κ3) is 4.20. The molecule has 0 radical (unpaired) electrons. The Morgan fingerprint density at radius 3 is 2.40 bits per heavy atom. The zero-order valence-electron chi connectivity index (χ0n) is 14.3. The van der Waals surface area contributed by atoms with Crippen LogP contribution in [0.1, 0.15) is 29.6 Å². The minimum Gasteiger partial charge on any atom is -0.457 e. The third-order valence-corrected chi connectivity index (χ3v) is 4.78. The van der Waals surface area contributed by atoms with Crippen LogP contribution in [0.5, 0.6) is 11.5 Å². The first-order chi connectivity index (χ1) is 12.3. The van der Waals surface area contributed by atoms with Crippen molar-refractivity contribution in [1.29, 1.82) is 0 Å². The zero-order chi connectivity index (χ0) is 17.1. The van der Waals surface area contributed by atoms with Crippen LogP contribution in [0.15, 0.2) is 54.6 Å². The molecule has 1 amide bonds. The maximum Gasteiger partial charge on any atom is 0.253 e. The number of para-hydroxylation sites is 1. The van der Waals surface area contributed by atoms with E-state index in [1.807, 2.05) is 59.5 Å². The van der Waals surface area contributed by atoms with Crippen molar-refractivity contribution < 1.29 is 14.3 Å². The van der Waals surface area contributed by atoms with Crippen molar-refractivity contribution in [2.75, 3.05) is 19.7 Å². The summed E-state index contributed by atoms with van der Waals surface area (Å²) in [6, 6.07) is 17.0. The number of likely N-dealkylation sites (tertiary alicyclic amines) is 1. The van der Waals surface area contributed by atoms with Crippen LogP contribution in [0.4, 0.5) is 0 Å². The Bertz CT molecular complexity index is 710. The van der Waals surface area contributed by atoms with E-state index in [4.69, 9.17) is 9.47 Å². The molecule has 1 heterocycles. The van der Waals surface area contributed by atoms with Crippen LogP contribution in [0.3, 0.4) is 0 Å². The molecule has 1 saturated heterocycles. The van der Waals surface area contributed by atoms with Gasteiger partial charge in [-0.1, -0.05) is 18.2 Å². The summed E-state index contributed by atoms with van der Waals surface area (Å²) >= 11 is 0. The summed E-state index contributed by atoms with van der Waals surface area (Å²) in [5.41, 5.74) is 0.697. The maximum absolute atomic E-state index is 12.6. The van der Waals surface area contributed by atoms with E-state index in [1.165, 1.54) is 12.8 Å². The molecule has 4 heteroatoms. The van der Waals surface area contributed by atoms with Gasteiger partial charge in [0.15, 0.2) is 0 Å².